The first kappa shape index (κ1) is 16.7. The van der Waals surface area contributed by atoms with Crippen LogP contribution in [0, 0.1) is 0 Å². The molecular formula is C18H25N5O. The average molecular weight is 327 g/mol. The number of benzene rings is 1. The molecule has 1 saturated heterocycles. The van der Waals surface area contributed by atoms with Gasteiger partial charge in [0.15, 0.2) is 0 Å². The third-order valence-electron chi connectivity index (χ3n) is 4.62. The van der Waals surface area contributed by atoms with Crippen LogP contribution in [0.4, 0.5) is 0 Å². The lowest BCUT2D eigenvalue weighted by Crippen LogP contribution is -2.49. The van der Waals surface area contributed by atoms with Crippen molar-refractivity contribution in [3.8, 4) is 0 Å². The molecule has 24 heavy (non-hydrogen) atoms. The fourth-order valence-corrected chi connectivity index (χ4v) is 3.22. The number of amides is 1. The molecule has 1 N–H and O–H groups in total. The van der Waals surface area contributed by atoms with E-state index in [0.29, 0.717) is 18.3 Å². The van der Waals surface area contributed by atoms with Crippen molar-refractivity contribution in [1.82, 2.24) is 24.9 Å². The highest BCUT2D eigenvalue weighted by molar-refractivity contribution is 5.92. The van der Waals surface area contributed by atoms with E-state index in [9.17, 15) is 4.79 Å². The van der Waals surface area contributed by atoms with Crippen molar-refractivity contribution in [1.29, 1.82) is 0 Å². The molecule has 1 aliphatic heterocycles. The SMILES string of the molecule is CN1CCN(CCNC(=O)c2ccnn2C)[C@@H](c2ccccc2)C1. The molecule has 6 nitrogen and oxygen atoms in total. The number of aromatic nitrogens is 2. The molecule has 0 saturated carbocycles. The van der Waals surface area contributed by atoms with E-state index in [0.717, 1.165) is 26.2 Å². The molecule has 128 valence electrons. The zero-order chi connectivity index (χ0) is 16.9. The first-order chi connectivity index (χ1) is 11.6. The van der Waals surface area contributed by atoms with E-state index in [1.807, 2.05) is 0 Å². The quantitative estimate of drug-likeness (QED) is 0.895. The zero-order valence-electron chi connectivity index (χ0n) is 14.4. The van der Waals surface area contributed by atoms with Crippen molar-refractivity contribution in [2.24, 2.45) is 7.05 Å². The number of carbonyl (C=O) groups is 1. The Hall–Kier alpha value is -2.18. The van der Waals surface area contributed by atoms with E-state index in [1.165, 1.54) is 5.56 Å². The molecule has 1 aromatic heterocycles. The normalized spacial score (nSPS) is 19.3. The second kappa shape index (κ2) is 7.59. The van der Waals surface area contributed by atoms with Crippen molar-refractivity contribution in [2.75, 3.05) is 39.8 Å². The van der Waals surface area contributed by atoms with Gasteiger partial charge >= 0.3 is 0 Å². The lowest BCUT2D eigenvalue weighted by atomic mass is 10.0. The second-order valence-electron chi connectivity index (χ2n) is 6.32. The van der Waals surface area contributed by atoms with Crippen LogP contribution in [-0.2, 0) is 7.05 Å². The monoisotopic (exact) mass is 327 g/mol. The maximum Gasteiger partial charge on any atom is 0.269 e. The lowest BCUT2D eigenvalue weighted by Gasteiger charge is -2.40. The number of likely N-dealkylation sites (N-methyl/N-ethyl adjacent to an activating group) is 1. The Morgan fingerprint density at radius 3 is 2.71 bits per heavy atom. The minimum Gasteiger partial charge on any atom is -0.349 e. The molecule has 1 atom stereocenters. The van der Waals surface area contributed by atoms with E-state index in [1.54, 1.807) is 24.0 Å². The molecule has 0 bridgehead atoms. The van der Waals surface area contributed by atoms with Crippen molar-refractivity contribution >= 4 is 5.91 Å². The maximum atomic E-state index is 12.2. The largest absolute Gasteiger partial charge is 0.349 e. The Kier molecular flexibility index (Phi) is 5.27. The summed E-state index contributed by atoms with van der Waals surface area (Å²) in [6, 6.07) is 12.7. The first-order valence-electron chi connectivity index (χ1n) is 8.39. The molecule has 1 fully saturated rings. The van der Waals surface area contributed by atoms with Crippen LogP contribution in [0.2, 0.25) is 0 Å². The zero-order valence-corrected chi connectivity index (χ0v) is 14.4. The van der Waals surface area contributed by atoms with Gasteiger partial charge in [-0.15, -0.1) is 0 Å². The number of carbonyl (C=O) groups excluding carboxylic acids is 1. The molecule has 0 radical (unpaired) electrons. The fourth-order valence-electron chi connectivity index (χ4n) is 3.22. The smallest absolute Gasteiger partial charge is 0.269 e. The van der Waals surface area contributed by atoms with Crippen LogP contribution in [0.3, 0.4) is 0 Å². The highest BCUT2D eigenvalue weighted by atomic mass is 16.2. The fraction of sp³-hybridized carbons (Fsp3) is 0.444. The number of piperazine rings is 1. The molecule has 2 heterocycles. The van der Waals surface area contributed by atoms with Crippen LogP contribution in [-0.4, -0.2) is 65.3 Å². The van der Waals surface area contributed by atoms with Crippen LogP contribution < -0.4 is 5.32 Å². The molecule has 1 aliphatic rings. The highest BCUT2D eigenvalue weighted by Crippen LogP contribution is 2.24. The Morgan fingerprint density at radius 1 is 1.21 bits per heavy atom. The van der Waals surface area contributed by atoms with Gasteiger partial charge in [-0.2, -0.15) is 5.10 Å². The summed E-state index contributed by atoms with van der Waals surface area (Å²) < 4.78 is 1.60. The standard InChI is InChI=1S/C18H25N5O/c1-21-12-13-23(17(14-21)15-6-4-3-5-7-15)11-10-19-18(24)16-8-9-20-22(16)2/h3-9,17H,10-14H2,1-2H3,(H,19,24)/t17-/m1/s1. The number of nitrogens with one attached hydrogen (secondary N) is 1. The molecule has 0 spiro atoms. The average Bonchev–Trinajstić information content (AvgIpc) is 3.03. The van der Waals surface area contributed by atoms with Crippen molar-refractivity contribution in [2.45, 2.75) is 6.04 Å². The maximum absolute atomic E-state index is 12.2. The number of hydrogen-bond acceptors (Lipinski definition) is 4. The van der Waals surface area contributed by atoms with Gasteiger partial charge in [0.2, 0.25) is 0 Å². The topological polar surface area (TPSA) is 53.4 Å². The number of hydrogen-bond donors (Lipinski definition) is 1. The molecule has 6 heteroatoms. The molecule has 1 amide bonds. The summed E-state index contributed by atoms with van der Waals surface area (Å²) in [5, 5.41) is 7.04. The Labute approximate surface area is 143 Å². The Bertz CT molecular complexity index is 669. The van der Waals surface area contributed by atoms with E-state index in [-0.39, 0.29) is 5.91 Å². The van der Waals surface area contributed by atoms with Gasteiger partial charge in [-0.05, 0) is 18.7 Å². The van der Waals surface area contributed by atoms with Crippen LogP contribution in [0.25, 0.3) is 0 Å². The molecule has 1 aromatic carbocycles. The van der Waals surface area contributed by atoms with Gasteiger partial charge in [-0.1, -0.05) is 30.3 Å². The predicted molar refractivity (Wildman–Crippen MR) is 93.8 cm³/mol. The molecule has 0 aliphatic carbocycles. The Morgan fingerprint density at radius 2 is 2.00 bits per heavy atom. The summed E-state index contributed by atoms with van der Waals surface area (Å²) in [6.07, 6.45) is 1.64. The van der Waals surface area contributed by atoms with Gasteiger partial charge in [-0.3, -0.25) is 14.4 Å². The van der Waals surface area contributed by atoms with Gasteiger partial charge in [0, 0.05) is 52.0 Å². The van der Waals surface area contributed by atoms with Gasteiger partial charge in [0.05, 0.1) is 0 Å². The summed E-state index contributed by atoms with van der Waals surface area (Å²) in [4.78, 5) is 17.0. The lowest BCUT2D eigenvalue weighted by molar-refractivity contribution is 0.0838. The summed E-state index contributed by atoms with van der Waals surface area (Å²) in [6.45, 7) is 4.56. The highest BCUT2D eigenvalue weighted by Gasteiger charge is 2.26. The molecule has 3 rings (SSSR count). The minimum atomic E-state index is -0.0691. The second-order valence-corrected chi connectivity index (χ2v) is 6.32. The third kappa shape index (κ3) is 3.83. The van der Waals surface area contributed by atoms with Crippen LogP contribution in [0.5, 0.6) is 0 Å². The molecular weight excluding hydrogens is 302 g/mol. The van der Waals surface area contributed by atoms with Crippen molar-refractivity contribution in [3.05, 3.63) is 53.9 Å². The Balaban J connectivity index is 1.58. The third-order valence-corrected chi connectivity index (χ3v) is 4.62. The van der Waals surface area contributed by atoms with Crippen LogP contribution in [0.1, 0.15) is 22.1 Å². The van der Waals surface area contributed by atoms with Gasteiger partial charge in [0.25, 0.3) is 5.91 Å². The molecule has 2 aromatic rings. The summed E-state index contributed by atoms with van der Waals surface area (Å²) in [5.41, 5.74) is 1.93. The summed E-state index contributed by atoms with van der Waals surface area (Å²) in [7, 11) is 3.94. The summed E-state index contributed by atoms with van der Waals surface area (Å²) in [5.74, 6) is -0.0691. The van der Waals surface area contributed by atoms with Gasteiger partial charge in [-0.25, -0.2) is 0 Å². The van der Waals surface area contributed by atoms with E-state index >= 15 is 0 Å². The summed E-state index contributed by atoms with van der Waals surface area (Å²) >= 11 is 0. The predicted octanol–water partition coefficient (Wildman–Crippen LogP) is 1.14. The van der Waals surface area contributed by atoms with E-state index < -0.39 is 0 Å². The van der Waals surface area contributed by atoms with Crippen LogP contribution >= 0.6 is 0 Å². The van der Waals surface area contributed by atoms with E-state index in [4.69, 9.17) is 0 Å². The van der Waals surface area contributed by atoms with E-state index in [2.05, 4.69) is 57.6 Å². The first-order valence-corrected chi connectivity index (χ1v) is 8.39. The van der Waals surface area contributed by atoms with Crippen molar-refractivity contribution in [3.63, 3.8) is 0 Å². The number of aryl methyl sites for hydroxylation is 1. The molecule has 0 unspecified atom stereocenters. The van der Waals surface area contributed by atoms with Crippen molar-refractivity contribution < 1.29 is 4.79 Å². The number of nitrogens with zero attached hydrogens (tertiary/aromatic N) is 4. The van der Waals surface area contributed by atoms with Crippen LogP contribution in [0.15, 0.2) is 42.6 Å². The van der Waals surface area contributed by atoms with Gasteiger partial charge < -0.3 is 10.2 Å². The number of rotatable bonds is 5. The van der Waals surface area contributed by atoms with Gasteiger partial charge in [0.1, 0.15) is 5.69 Å². The minimum absolute atomic E-state index is 0.0691.